The standard InChI is InChI=1S/C15H10F2I2O4/c1-15(16,17)14(21)23-9-4-2-8(3-5-9)22-13-7-10(18)12(20)6-11(13)19/h2-7,20H,1H3. The van der Waals surface area contributed by atoms with Gasteiger partial charge in [-0.05, 0) is 81.6 Å². The molecule has 0 amide bonds. The van der Waals surface area contributed by atoms with Crippen molar-refractivity contribution in [2.75, 3.05) is 0 Å². The van der Waals surface area contributed by atoms with Crippen molar-refractivity contribution in [3.8, 4) is 23.0 Å². The molecule has 0 fully saturated rings. The molecule has 0 saturated heterocycles. The summed E-state index contributed by atoms with van der Waals surface area (Å²) in [4.78, 5) is 11.1. The molecule has 0 atom stereocenters. The maximum Gasteiger partial charge on any atom is 0.382 e. The number of phenols is 1. The molecule has 0 heterocycles. The summed E-state index contributed by atoms with van der Waals surface area (Å²) in [5.41, 5.74) is 0. The molecule has 122 valence electrons. The minimum absolute atomic E-state index is 0.00106. The Hall–Kier alpha value is -1.17. The van der Waals surface area contributed by atoms with Gasteiger partial charge in [-0.1, -0.05) is 0 Å². The molecule has 0 spiro atoms. The van der Waals surface area contributed by atoms with Gasteiger partial charge < -0.3 is 14.6 Å². The number of benzene rings is 2. The molecule has 23 heavy (non-hydrogen) atoms. The Labute approximate surface area is 158 Å². The monoisotopic (exact) mass is 546 g/mol. The molecule has 0 aliphatic carbocycles. The van der Waals surface area contributed by atoms with E-state index in [-0.39, 0.29) is 11.5 Å². The lowest BCUT2D eigenvalue weighted by Crippen LogP contribution is -2.29. The van der Waals surface area contributed by atoms with Crippen molar-refractivity contribution >= 4 is 51.2 Å². The first-order chi connectivity index (χ1) is 10.7. The van der Waals surface area contributed by atoms with Gasteiger partial charge in [0.1, 0.15) is 23.0 Å². The van der Waals surface area contributed by atoms with Crippen LogP contribution in [0.4, 0.5) is 8.78 Å². The summed E-state index contributed by atoms with van der Waals surface area (Å²) in [5, 5.41) is 9.60. The van der Waals surface area contributed by atoms with Gasteiger partial charge in [-0.15, -0.1) is 0 Å². The first-order valence-electron chi connectivity index (χ1n) is 6.23. The Morgan fingerprint density at radius 3 is 2.22 bits per heavy atom. The number of rotatable bonds is 4. The van der Waals surface area contributed by atoms with E-state index in [4.69, 9.17) is 4.74 Å². The van der Waals surface area contributed by atoms with Gasteiger partial charge in [-0.3, -0.25) is 0 Å². The molecule has 4 nitrogen and oxygen atoms in total. The van der Waals surface area contributed by atoms with Crippen LogP contribution in [0.1, 0.15) is 6.92 Å². The van der Waals surface area contributed by atoms with E-state index in [9.17, 15) is 18.7 Å². The first-order valence-corrected chi connectivity index (χ1v) is 8.38. The Morgan fingerprint density at radius 2 is 1.65 bits per heavy atom. The lowest BCUT2D eigenvalue weighted by atomic mass is 10.3. The molecule has 1 N–H and O–H groups in total. The van der Waals surface area contributed by atoms with E-state index < -0.39 is 11.9 Å². The Balaban J connectivity index is 2.12. The van der Waals surface area contributed by atoms with Crippen LogP contribution in [-0.4, -0.2) is 17.0 Å². The zero-order valence-electron chi connectivity index (χ0n) is 11.6. The number of ether oxygens (including phenoxy) is 2. The second kappa shape index (κ2) is 7.16. The number of aromatic hydroxyl groups is 1. The van der Waals surface area contributed by atoms with Gasteiger partial charge in [-0.2, -0.15) is 8.78 Å². The van der Waals surface area contributed by atoms with Crippen molar-refractivity contribution in [1.82, 2.24) is 0 Å². The minimum Gasteiger partial charge on any atom is -0.507 e. The Kier molecular flexibility index (Phi) is 5.65. The van der Waals surface area contributed by atoms with Crippen LogP contribution in [0.15, 0.2) is 36.4 Å². The van der Waals surface area contributed by atoms with Crippen LogP contribution < -0.4 is 9.47 Å². The second-order valence-electron chi connectivity index (χ2n) is 4.59. The molecule has 0 aliphatic rings. The fourth-order valence-corrected chi connectivity index (χ4v) is 2.49. The second-order valence-corrected chi connectivity index (χ2v) is 6.91. The molecule has 2 aromatic rings. The maximum atomic E-state index is 12.8. The quantitative estimate of drug-likeness (QED) is 0.335. The molecule has 0 aromatic heterocycles. The highest BCUT2D eigenvalue weighted by molar-refractivity contribution is 14.1. The number of hydrogen-bond acceptors (Lipinski definition) is 4. The zero-order chi connectivity index (χ0) is 17.2. The molecule has 0 radical (unpaired) electrons. The lowest BCUT2D eigenvalue weighted by Gasteiger charge is -2.11. The maximum absolute atomic E-state index is 12.8. The zero-order valence-corrected chi connectivity index (χ0v) is 16.0. The minimum atomic E-state index is -3.55. The van der Waals surface area contributed by atoms with Crippen LogP contribution in [0.5, 0.6) is 23.0 Å². The van der Waals surface area contributed by atoms with E-state index in [1.54, 1.807) is 12.1 Å². The summed E-state index contributed by atoms with van der Waals surface area (Å²) in [7, 11) is 0. The van der Waals surface area contributed by atoms with Crippen molar-refractivity contribution in [1.29, 1.82) is 0 Å². The number of carbonyl (C=O) groups excluding carboxylic acids is 1. The third-order valence-corrected chi connectivity index (χ3v) is 4.33. The van der Waals surface area contributed by atoms with Crippen LogP contribution in [0.3, 0.4) is 0 Å². The molecule has 2 aromatic carbocycles. The average Bonchev–Trinajstić information content (AvgIpc) is 2.45. The molecular formula is C15H10F2I2O4. The molecule has 0 unspecified atom stereocenters. The number of phenolic OH excluding ortho intramolecular Hbond substituents is 1. The molecule has 0 saturated carbocycles. The van der Waals surface area contributed by atoms with E-state index >= 15 is 0 Å². The number of hydrogen-bond donors (Lipinski definition) is 1. The highest BCUT2D eigenvalue weighted by Crippen LogP contribution is 2.33. The fraction of sp³-hybridized carbons (Fsp3) is 0.133. The van der Waals surface area contributed by atoms with Crippen molar-refractivity contribution in [2.24, 2.45) is 0 Å². The van der Waals surface area contributed by atoms with Crippen LogP contribution in [0.2, 0.25) is 0 Å². The summed E-state index contributed by atoms with van der Waals surface area (Å²) in [6.07, 6.45) is 0. The normalized spacial score (nSPS) is 11.2. The highest BCUT2D eigenvalue weighted by atomic mass is 127. The Morgan fingerprint density at radius 1 is 1.09 bits per heavy atom. The third-order valence-electron chi connectivity index (χ3n) is 2.62. The molecular weight excluding hydrogens is 536 g/mol. The molecule has 0 bridgehead atoms. The van der Waals surface area contributed by atoms with E-state index in [1.807, 2.05) is 45.2 Å². The van der Waals surface area contributed by atoms with Crippen molar-refractivity contribution < 1.29 is 28.2 Å². The van der Waals surface area contributed by atoms with Gasteiger partial charge in [0.25, 0.3) is 0 Å². The topological polar surface area (TPSA) is 55.8 Å². The van der Waals surface area contributed by atoms with Gasteiger partial charge in [0.05, 0.1) is 7.14 Å². The molecule has 0 aliphatic heterocycles. The van der Waals surface area contributed by atoms with Crippen LogP contribution in [0.25, 0.3) is 0 Å². The van der Waals surface area contributed by atoms with E-state index in [2.05, 4.69) is 4.74 Å². The number of alkyl halides is 2. The van der Waals surface area contributed by atoms with Gasteiger partial charge in [-0.25, -0.2) is 4.79 Å². The number of esters is 1. The van der Waals surface area contributed by atoms with E-state index in [0.717, 1.165) is 0 Å². The van der Waals surface area contributed by atoms with Gasteiger partial charge >= 0.3 is 11.9 Å². The van der Waals surface area contributed by atoms with Crippen LogP contribution >= 0.6 is 45.2 Å². The van der Waals surface area contributed by atoms with Gasteiger partial charge in [0, 0.05) is 6.92 Å². The predicted octanol–water partition coefficient (Wildman–Crippen LogP) is 4.95. The smallest absolute Gasteiger partial charge is 0.382 e. The lowest BCUT2D eigenvalue weighted by molar-refractivity contribution is -0.158. The van der Waals surface area contributed by atoms with E-state index in [1.165, 1.54) is 24.3 Å². The number of carbonyl (C=O) groups is 1. The fourth-order valence-electron chi connectivity index (χ4n) is 1.50. The summed E-state index contributed by atoms with van der Waals surface area (Å²) < 4.78 is 37.1. The van der Waals surface area contributed by atoms with Gasteiger partial charge in [0.2, 0.25) is 0 Å². The van der Waals surface area contributed by atoms with Gasteiger partial charge in [0.15, 0.2) is 0 Å². The summed E-state index contributed by atoms with van der Waals surface area (Å²) in [5.74, 6) is -4.03. The van der Waals surface area contributed by atoms with Crippen LogP contribution in [0, 0.1) is 7.14 Å². The van der Waals surface area contributed by atoms with Crippen LogP contribution in [-0.2, 0) is 4.79 Å². The predicted molar refractivity (Wildman–Crippen MR) is 96.3 cm³/mol. The van der Waals surface area contributed by atoms with Crippen molar-refractivity contribution in [3.63, 3.8) is 0 Å². The largest absolute Gasteiger partial charge is 0.507 e. The highest BCUT2D eigenvalue weighted by Gasteiger charge is 2.34. The SMILES string of the molecule is CC(F)(F)C(=O)Oc1ccc(Oc2cc(I)c(O)cc2I)cc1. The molecule has 2 rings (SSSR count). The number of halogens is 4. The average molecular weight is 546 g/mol. The summed E-state index contributed by atoms with van der Waals surface area (Å²) in [6, 6.07) is 8.94. The summed E-state index contributed by atoms with van der Waals surface area (Å²) in [6.45, 7) is 0.473. The summed E-state index contributed by atoms with van der Waals surface area (Å²) >= 11 is 3.99. The Bertz CT molecular complexity index is 727. The van der Waals surface area contributed by atoms with Crippen molar-refractivity contribution in [2.45, 2.75) is 12.8 Å². The van der Waals surface area contributed by atoms with Crippen molar-refractivity contribution in [3.05, 3.63) is 43.5 Å². The molecule has 8 heteroatoms. The van der Waals surface area contributed by atoms with E-state index in [0.29, 0.717) is 25.6 Å². The first kappa shape index (κ1) is 18.2. The third kappa shape index (κ3) is 4.90.